The predicted molar refractivity (Wildman–Crippen MR) is 112 cm³/mol. The van der Waals surface area contributed by atoms with Gasteiger partial charge in [-0.05, 0) is 78.8 Å². The van der Waals surface area contributed by atoms with E-state index in [1.165, 1.54) is 17.2 Å². The topological polar surface area (TPSA) is 33.2 Å². The molecule has 0 spiro atoms. The number of rotatable bonds is 3. The number of carbonyl (C=O) groups excluding carboxylic acids is 1. The van der Waals surface area contributed by atoms with E-state index in [1.54, 1.807) is 18.3 Å². The summed E-state index contributed by atoms with van der Waals surface area (Å²) in [4.78, 5) is 19.9. The highest BCUT2D eigenvalue weighted by molar-refractivity contribution is 5.98. The van der Waals surface area contributed by atoms with Crippen LogP contribution in [-0.2, 0) is 24.1 Å². The van der Waals surface area contributed by atoms with Crippen LogP contribution in [0.2, 0.25) is 0 Å². The van der Waals surface area contributed by atoms with Crippen molar-refractivity contribution in [3.63, 3.8) is 0 Å². The van der Waals surface area contributed by atoms with Gasteiger partial charge in [-0.15, -0.1) is 0 Å². The van der Waals surface area contributed by atoms with Crippen LogP contribution in [-0.4, -0.2) is 16.9 Å². The van der Waals surface area contributed by atoms with Crippen LogP contribution < -0.4 is 4.90 Å². The van der Waals surface area contributed by atoms with E-state index in [2.05, 4.69) is 30.1 Å². The number of pyridine rings is 1. The summed E-state index contributed by atoms with van der Waals surface area (Å²) in [5.41, 5.74) is 6.34. The number of benzene rings is 2. The van der Waals surface area contributed by atoms with Crippen molar-refractivity contribution >= 4 is 11.6 Å². The summed E-state index contributed by atoms with van der Waals surface area (Å²) in [6.45, 7) is 2.09. The fraction of sp³-hybridized carbons (Fsp3) is 0.280. The minimum absolute atomic E-state index is 0.0611. The average Bonchev–Trinajstić information content (AvgIpc) is 3.34. The molecule has 29 heavy (non-hydrogen) atoms. The van der Waals surface area contributed by atoms with Gasteiger partial charge in [0.05, 0.1) is 5.69 Å². The normalized spacial score (nSPS) is 19.9. The van der Waals surface area contributed by atoms with Gasteiger partial charge in [-0.25, -0.2) is 4.39 Å². The number of amides is 1. The van der Waals surface area contributed by atoms with Crippen LogP contribution in [0, 0.1) is 11.7 Å². The van der Waals surface area contributed by atoms with Crippen molar-refractivity contribution in [1.29, 1.82) is 0 Å². The summed E-state index contributed by atoms with van der Waals surface area (Å²) in [6, 6.07) is 17.2. The van der Waals surface area contributed by atoms with Crippen molar-refractivity contribution in [2.24, 2.45) is 5.92 Å². The first-order chi connectivity index (χ1) is 14.1. The number of halogens is 1. The third kappa shape index (κ3) is 3.13. The first-order valence-corrected chi connectivity index (χ1v) is 10.3. The van der Waals surface area contributed by atoms with Gasteiger partial charge < -0.3 is 4.90 Å². The highest BCUT2D eigenvalue weighted by Crippen LogP contribution is 2.38. The van der Waals surface area contributed by atoms with Crippen LogP contribution in [0.15, 0.2) is 60.8 Å². The molecule has 0 saturated heterocycles. The molecule has 0 fully saturated rings. The molecule has 3 aromatic rings. The Bertz CT molecular complexity index is 1080. The number of nitrogens with zero attached hydrogens (tertiary/aromatic N) is 2. The molecule has 0 unspecified atom stereocenters. The smallest absolute Gasteiger partial charge is 0.231 e. The van der Waals surface area contributed by atoms with E-state index in [-0.39, 0.29) is 23.7 Å². The van der Waals surface area contributed by atoms with Crippen molar-refractivity contribution in [3.8, 4) is 11.3 Å². The van der Waals surface area contributed by atoms with Gasteiger partial charge in [0, 0.05) is 29.4 Å². The van der Waals surface area contributed by atoms with Gasteiger partial charge >= 0.3 is 0 Å². The van der Waals surface area contributed by atoms with Crippen molar-refractivity contribution in [2.75, 3.05) is 4.90 Å². The Morgan fingerprint density at radius 3 is 2.69 bits per heavy atom. The SMILES string of the molecule is CC[C@H]1Cc2cc(F)ccc2N1C(=O)[C@@H]1Cc2ccc(-c3ccccn3)cc2C1. The molecule has 1 amide bonds. The quantitative estimate of drug-likeness (QED) is 0.637. The van der Waals surface area contributed by atoms with Crippen molar-refractivity contribution in [1.82, 2.24) is 4.98 Å². The van der Waals surface area contributed by atoms with Gasteiger partial charge in [0.15, 0.2) is 0 Å². The number of hydrogen-bond acceptors (Lipinski definition) is 2. The number of aromatic nitrogens is 1. The van der Waals surface area contributed by atoms with Gasteiger partial charge in [0.2, 0.25) is 5.91 Å². The van der Waals surface area contributed by atoms with Crippen molar-refractivity contribution in [2.45, 2.75) is 38.6 Å². The number of fused-ring (bicyclic) bond motifs is 2. The molecule has 0 saturated carbocycles. The zero-order valence-corrected chi connectivity index (χ0v) is 16.4. The molecule has 146 valence electrons. The maximum Gasteiger partial charge on any atom is 0.231 e. The lowest BCUT2D eigenvalue weighted by atomic mass is 10.0. The Labute approximate surface area is 170 Å². The molecular formula is C25H23FN2O. The van der Waals surface area contributed by atoms with Crippen LogP contribution in [0.4, 0.5) is 10.1 Å². The molecule has 2 aromatic carbocycles. The molecule has 2 aliphatic rings. The standard InChI is InChI=1S/C25H23FN2O/c1-2-22-15-19-14-21(26)8-9-24(19)28(22)25(29)20-11-16-6-7-17(12-18(16)13-20)23-5-3-4-10-27-23/h3-10,12,14,20,22H,2,11,13,15H2,1H3/t20-,22+/m1/s1. The molecule has 2 atom stereocenters. The Hall–Kier alpha value is -3.01. The van der Waals surface area contributed by atoms with E-state index in [4.69, 9.17) is 0 Å². The second-order valence-electron chi connectivity index (χ2n) is 8.05. The Morgan fingerprint density at radius 2 is 1.90 bits per heavy atom. The molecule has 0 radical (unpaired) electrons. The molecule has 1 aliphatic heterocycles. The molecular weight excluding hydrogens is 363 g/mol. The van der Waals surface area contributed by atoms with E-state index in [9.17, 15) is 9.18 Å². The zero-order chi connectivity index (χ0) is 20.0. The summed E-state index contributed by atoms with van der Waals surface area (Å²) in [5, 5.41) is 0. The van der Waals surface area contributed by atoms with E-state index in [1.807, 2.05) is 23.1 Å². The van der Waals surface area contributed by atoms with E-state index >= 15 is 0 Å². The zero-order valence-electron chi connectivity index (χ0n) is 16.4. The molecule has 1 aliphatic carbocycles. The summed E-state index contributed by atoms with van der Waals surface area (Å²) < 4.78 is 13.7. The third-order valence-electron chi connectivity index (χ3n) is 6.28. The molecule has 2 heterocycles. The molecule has 1 aromatic heterocycles. The lowest BCUT2D eigenvalue weighted by Crippen LogP contribution is -2.41. The Balaban J connectivity index is 1.41. The first-order valence-electron chi connectivity index (χ1n) is 10.3. The minimum Gasteiger partial charge on any atom is -0.309 e. The van der Waals surface area contributed by atoms with Gasteiger partial charge in [-0.1, -0.05) is 25.1 Å². The second kappa shape index (κ2) is 7.11. The van der Waals surface area contributed by atoms with E-state index < -0.39 is 0 Å². The maximum atomic E-state index is 13.7. The molecule has 3 nitrogen and oxygen atoms in total. The predicted octanol–water partition coefficient (Wildman–Crippen LogP) is 4.97. The summed E-state index contributed by atoms with van der Waals surface area (Å²) in [5.74, 6) is -0.130. The largest absolute Gasteiger partial charge is 0.309 e. The minimum atomic E-state index is -0.233. The van der Waals surface area contributed by atoms with Gasteiger partial charge in [-0.3, -0.25) is 9.78 Å². The Morgan fingerprint density at radius 1 is 1.03 bits per heavy atom. The monoisotopic (exact) mass is 386 g/mol. The van der Waals surface area contributed by atoms with Crippen LogP contribution in [0.5, 0.6) is 0 Å². The van der Waals surface area contributed by atoms with E-state index in [0.29, 0.717) is 0 Å². The highest BCUT2D eigenvalue weighted by atomic mass is 19.1. The van der Waals surface area contributed by atoms with Crippen LogP contribution in [0.1, 0.15) is 30.0 Å². The lowest BCUT2D eigenvalue weighted by molar-refractivity contribution is -0.122. The molecule has 0 bridgehead atoms. The highest BCUT2D eigenvalue weighted by Gasteiger charge is 2.38. The summed E-state index contributed by atoms with van der Waals surface area (Å²) >= 11 is 0. The summed E-state index contributed by atoms with van der Waals surface area (Å²) in [7, 11) is 0. The van der Waals surface area contributed by atoms with Crippen LogP contribution in [0.3, 0.4) is 0 Å². The third-order valence-corrected chi connectivity index (χ3v) is 6.28. The maximum absolute atomic E-state index is 13.7. The van der Waals surface area contributed by atoms with Gasteiger partial charge in [-0.2, -0.15) is 0 Å². The molecule has 0 N–H and O–H groups in total. The fourth-order valence-electron chi connectivity index (χ4n) is 4.80. The fourth-order valence-corrected chi connectivity index (χ4v) is 4.80. The number of anilines is 1. The van der Waals surface area contributed by atoms with Crippen LogP contribution >= 0.6 is 0 Å². The average molecular weight is 386 g/mol. The molecule has 5 rings (SSSR count). The lowest BCUT2D eigenvalue weighted by Gasteiger charge is -2.27. The van der Waals surface area contributed by atoms with E-state index in [0.717, 1.165) is 48.2 Å². The number of hydrogen-bond donors (Lipinski definition) is 0. The molecule has 4 heteroatoms. The first kappa shape index (κ1) is 18.0. The number of carbonyl (C=O) groups is 1. The Kier molecular flexibility index (Phi) is 4.42. The van der Waals surface area contributed by atoms with Crippen molar-refractivity contribution in [3.05, 3.63) is 83.3 Å². The second-order valence-corrected chi connectivity index (χ2v) is 8.05. The van der Waals surface area contributed by atoms with Crippen molar-refractivity contribution < 1.29 is 9.18 Å². The van der Waals surface area contributed by atoms with Gasteiger partial charge in [0.1, 0.15) is 5.82 Å². The summed E-state index contributed by atoms with van der Waals surface area (Å²) in [6.07, 6.45) is 4.91. The van der Waals surface area contributed by atoms with Gasteiger partial charge in [0.25, 0.3) is 0 Å². The van der Waals surface area contributed by atoms with Crippen LogP contribution in [0.25, 0.3) is 11.3 Å².